The average molecular weight is 395 g/mol. The number of para-hydroxylation sites is 2. The Hall–Kier alpha value is -1.50. The summed E-state index contributed by atoms with van der Waals surface area (Å²) in [6, 6.07) is 11.4. The van der Waals surface area contributed by atoms with Gasteiger partial charge in [-0.05, 0) is 40.2 Å². The van der Waals surface area contributed by atoms with Gasteiger partial charge in [0, 0.05) is 11.9 Å². The summed E-state index contributed by atoms with van der Waals surface area (Å²) in [5.41, 5.74) is 3.44. The Labute approximate surface area is 143 Å². The van der Waals surface area contributed by atoms with Crippen molar-refractivity contribution in [2.75, 3.05) is 0 Å². The van der Waals surface area contributed by atoms with E-state index >= 15 is 0 Å². The summed E-state index contributed by atoms with van der Waals surface area (Å²) in [4.78, 5) is 9.04. The van der Waals surface area contributed by atoms with E-state index in [2.05, 4.69) is 25.9 Å². The first-order chi connectivity index (χ1) is 10.7. The molecule has 3 aromatic heterocycles. The Balaban J connectivity index is 1.62. The first-order valence-electron chi connectivity index (χ1n) is 6.51. The fourth-order valence-electron chi connectivity index (χ4n) is 2.17. The molecule has 4 rings (SSSR count). The van der Waals surface area contributed by atoms with E-state index in [0.29, 0.717) is 16.0 Å². The molecule has 22 heavy (non-hydrogen) atoms. The maximum atomic E-state index is 6.02. The number of hydrogen-bond acceptors (Lipinski definition) is 4. The van der Waals surface area contributed by atoms with Gasteiger partial charge in [-0.2, -0.15) is 0 Å². The van der Waals surface area contributed by atoms with Crippen molar-refractivity contribution < 1.29 is 4.42 Å². The smallest absolute Gasteiger partial charge is 0.257 e. The van der Waals surface area contributed by atoms with Crippen molar-refractivity contribution in [2.24, 2.45) is 0 Å². The molecule has 0 aliphatic carbocycles. The Morgan fingerprint density at radius 2 is 2.05 bits per heavy atom. The van der Waals surface area contributed by atoms with Gasteiger partial charge in [-0.1, -0.05) is 35.5 Å². The molecule has 4 aromatic rings. The van der Waals surface area contributed by atoms with Crippen LogP contribution in [0, 0.1) is 0 Å². The molecule has 0 aliphatic rings. The molecule has 0 saturated carbocycles. The van der Waals surface area contributed by atoms with E-state index in [1.165, 1.54) is 11.8 Å². The predicted molar refractivity (Wildman–Crippen MR) is 91.5 cm³/mol. The summed E-state index contributed by atoms with van der Waals surface area (Å²) in [7, 11) is 0. The van der Waals surface area contributed by atoms with Gasteiger partial charge in [-0.25, -0.2) is 9.97 Å². The van der Waals surface area contributed by atoms with Crippen LogP contribution in [-0.4, -0.2) is 14.4 Å². The molecule has 0 fully saturated rings. The summed E-state index contributed by atoms with van der Waals surface area (Å²) in [6.45, 7) is 0. The second kappa shape index (κ2) is 5.61. The highest BCUT2D eigenvalue weighted by atomic mass is 79.9. The molecule has 0 atom stereocenters. The summed E-state index contributed by atoms with van der Waals surface area (Å²) in [6.07, 6.45) is 1.83. The third-order valence-corrected chi connectivity index (χ3v) is 5.10. The van der Waals surface area contributed by atoms with E-state index in [1.54, 1.807) is 0 Å². The lowest BCUT2D eigenvalue weighted by atomic mass is 10.3. The van der Waals surface area contributed by atoms with E-state index in [0.717, 1.165) is 27.0 Å². The van der Waals surface area contributed by atoms with Crippen LogP contribution in [0.25, 0.3) is 16.7 Å². The van der Waals surface area contributed by atoms with Crippen LogP contribution < -0.4 is 0 Å². The molecule has 0 unspecified atom stereocenters. The van der Waals surface area contributed by atoms with Crippen LogP contribution in [0.1, 0.15) is 5.69 Å². The maximum Gasteiger partial charge on any atom is 0.257 e. The number of rotatable bonds is 3. The molecule has 110 valence electrons. The van der Waals surface area contributed by atoms with Crippen LogP contribution in [0.15, 0.2) is 56.8 Å². The van der Waals surface area contributed by atoms with Gasteiger partial charge in [0.1, 0.15) is 15.8 Å². The number of benzene rings is 1. The highest BCUT2D eigenvalue weighted by Gasteiger charge is 2.12. The van der Waals surface area contributed by atoms with Crippen molar-refractivity contribution in [3.63, 3.8) is 0 Å². The summed E-state index contributed by atoms with van der Waals surface area (Å²) in [5, 5.41) is 1.31. The number of imidazole rings is 1. The fourth-order valence-corrected chi connectivity index (χ4v) is 3.81. The maximum absolute atomic E-state index is 6.02. The third-order valence-electron chi connectivity index (χ3n) is 3.20. The van der Waals surface area contributed by atoms with Crippen LogP contribution >= 0.6 is 39.3 Å². The molecule has 0 saturated heterocycles. The largest absolute Gasteiger partial charge is 0.431 e. The molecule has 0 aliphatic heterocycles. The van der Waals surface area contributed by atoms with Crippen molar-refractivity contribution in [1.82, 2.24) is 14.4 Å². The molecule has 0 amide bonds. The number of halogens is 2. The number of aromatic nitrogens is 3. The summed E-state index contributed by atoms with van der Waals surface area (Å²) < 4.78 is 8.52. The van der Waals surface area contributed by atoms with Crippen molar-refractivity contribution >= 4 is 56.0 Å². The number of hydrogen-bond donors (Lipinski definition) is 0. The molecular formula is C15H9BrClN3OS. The number of pyridine rings is 1. The molecular weight excluding hydrogens is 386 g/mol. The Morgan fingerprint density at radius 3 is 2.91 bits per heavy atom. The minimum atomic E-state index is 0.642. The fraction of sp³-hybridized carbons (Fsp3) is 0.0667. The normalized spacial score (nSPS) is 11.5. The number of fused-ring (bicyclic) bond motifs is 2. The Bertz CT molecular complexity index is 948. The SMILES string of the molecule is Clc1ccc2nc(CSc3nc4ccccc4o3)c(Br)n2c1. The van der Waals surface area contributed by atoms with E-state index in [-0.39, 0.29) is 0 Å². The van der Waals surface area contributed by atoms with Gasteiger partial charge >= 0.3 is 0 Å². The van der Waals surface area contributed by atoms with Crippen LogP contribution in [0.2, 0.25) is 5.02 Å². The number of nitrogens with zero attached hydrogens (tertiary/aromatic N) is 3. The van der Waals surface area contributed by atoms with Crippen LogP contribution in [0.4, 0.5) is 0 Å². The monoisotopic (exact) mass is 393 g/mol. The standard InChI is InChI=1S/C15H9BrClN3OS/c16-14-11(18-13-6-5-9(17)7-20(13)14)8-22-15-19-10-3-1-2-4-12(10)21-15/h1-7H,8H2. The highest BCUT2D eigenvalue weighted by Crippen LogP contribution is 2.29. The van der Waals surface area contributed by atoms with E-state index in [1.807, 2.05) is 47.0 Å². The van der Waals surface area contributed by atoms with E-state index in [4.69, 9.17) is 16.0 Å². The Kier molecular flexibility index (Phi) is 3.60. The molecule has 0 spiro atoms. The van der Waals surface area contributed by atoms with Gasteiger partial charge in [0.25, 0.3) is 5.22 Å². The average Bonchev–Trinajstić information content (AvgIpc) is 3.07. The van der Waals surface area contributed by atoms with Crippen molar-refractivity contribution in [2.45, 2.75) is 11.0 Å². The summed E-state index contributed by atoms with van der Waals surface area (Å²) in [5.74, 6) is 0.659. The van der Waals surface area contributed by atoms with Crippen LogP contribution in [0.3, 0.4) is 0 Å². The van der Waals surface area contributed by atoms with Gasteiger partial charge in [0.15, 0.2) is 5.58 Å². The molecule has 3 heterocycles. The zero-order valence-electron chi connectivity index (χ0n) is 11.2. The lowest BCUT2D eigenvalue weighted by Gasteiger charge is -1.96. The van der Waals surface area contributed by atoms with E-state index in [9.17, 15) is 0 Å². The van der Waals surface area contributed by atoms with Gasteiger partial charge in [0.05, 0.1) is 10.7 Å². The van der Waals surface area contributed by atoms with Crippen molar-refractivity contribution in [1.29, 1.82) is 0 Å². The third kappa shape index (κ3) is 2.51. The Morgan fingerprint density at radius 1 is 1.18 bits per heavy atom. The summed E-state index contributed by atoms with van der Waals surface area (Å²) >= 11 is 11.1. The molecule has 0 bridgehead atoms. The highest BCUT2D eigenvalue weighted by molar-refractivity contribution is 9.10. The minimum Gasteiger partial charge on any atom is -0.431 e. The predicted octanol–water partition coefficient (Wildman–Crippen LogP) is 5.18. The minimum absolute atomic E-state index is 0.642. The zero-order valence-corrected chi connectivity index (χ0v) is 14.3. The topological polar surface area (TPSA) is 43.3 Å². The van der Waals surface area contributed by atoms with Gasteiger partial charge in [0.2, 0.25) is 0 Å². The van der Waals surface area contributed by atoms with Gasteiger partial charge in [-0.15, -0.1) is 0 Å². The molecule has 1 aromatic carbocycles. The van der Waals surface area contributed by atoms with Crippen LogP contribution in [-0.2, 0) is 5.75 Å². The van der Waals surface area contributed by atoms with Gasteiger partial charge < -0.3 is 4.42 Å². The van der Waals surface area contributed by atoms with E-state index < -0.39 is 0 Å². The second-order valence-corrected chi connectivity index (χ2v) is 6.78. The molecule has 0 N–H and O–H groups in total. The van der Waals surface area contributed by atoms with Gasteiger partial charge in [-0.3, -0.25) is 4.40 Å². The quantitative estimate of drug-likeness (QED) is 0.449. The number of thioether (sulfide) groups is 1. The lowest BCUT2D eigenvalue weighted by molar-refractivity contribution is 0.489. The molecule has 7 heteroatoms. The van der Waals surface area contributed by atoms with Crippen molar-refractivity contribution in [3.05, 3.63) is 57.9 Å². The first kappa shape index (κ1) is 14.1. The lowest BCUT2D eigenvalue weighted by Crippen LogP contribution is -1.84. The second-order valence-electron chi connectivity index (χ2n) is 4.66. The van der Waals surface area contributed by atoms with Crippen molar-refractivity contribution in [3.8, 4) is 0 Å². The zero-order chi connectivity index (χ0) is 15.1. The first-order valence-corrected chi connectivity index (χ1v) is 8.67. The van der Waals surface area contributed by atoms with Crippen LogP contribution in [0.5, 0.6) is 0 Å². The molecule has 4 nitrogen and oxygen atoms in total. The number of oxazole rings is 1. The molecule has 0 radical (unpaired) electrons.